The Balaban J connectivity index is 2.20. The number of hydrogen-bond donors (Lipinski definition) is 2. The highest BCUT2D eigenvalue weighted by molar-refractivity contribution is 7.89. The van der Waals surface area contributed by atoms with Gasteiger partial charge in [-0.2, -0.15) is 8.78 Å². The zero-order valence-corrected chi connectivity index (χ0v) is 17.1. The smallest absolute Gasteiger partial charge is 0.387 e. The van der Waals surface area contributed by atoms with Gasteiger partial charge in [-0.25, -0.2) is 13.1 Å². The summed E-state index contributed by atoms with van der Waals surface area (Å²) in [4.78, 5) is 12.1. The zero-order valence-electron chi connectivity index (χ0n) is 16.3. The summed E-state index contributed by atoms with van der Waals surface area (Å²) in [5.41, 5.74) is 0.630. The van der Waals surface area contributed by atoms with Crippen LogP contribution < -0.4 is 24.2 Å². The number of methoxy groups -OCH3 is 2. The maximum atomic E-state index is 12.5. The molecule has 0 saturated heterocycles. The highest BCUT2D eigenvalue weighted by Crippen LogP contribution is 2.31. The van der Waals surface area contributed by atoms with Crippen molar-refractivity contribution >= 4 is 27.7 Å². The molecule has 2 rings (SSSR count). The molecule has 0 bridgehead atoms. The van der Waals surface area contributed by atoms with Crippen LogP contribution in [0.25, 0.3) is 6.08 Å². The first-order valence-corrected chi connectivity index (χ1v) is 9.92. The van der Waals surface area contributed by atoms with Crippen molar-refractivity contribution in [2.45, 2.75) is 11.5 Å². The SMILES string of the molecule is CNS(=O)(=O)c1cc(/C=C/C(=O)Nc2ccc(OC)c(OC(F)F)c2)ccc1OC. The van der Waals surface area contributed by atoms with Gasteiger partial charge >= 0.3 is 6.61 Å². The van der Waals surface area contributed by atoms with Gasteiger partial charge in [-0.15, -0.1) is 0 Å². The molecule has 11 heteroatoms. The number of halogens is 2. The van der Waals surface area contributed by atoms with Crippen LogP contribution in [0.4, 0.5) is 14.5 Å². The van der Waals surface area contributed by atoms with Crippen LogP contribution in [-0.4, -0.2) is 42.2 Å². The Bertz CT molecular complexity index is 1040. The Hall–Kier alpha value is -3.18. The number of carbonyl (C=O) groups is 1. The number of anilines is 1. The van der Waals surface area contributed by atoms with Crippen LogP contribution in [0.3, 0.4) is 0 Å². The number of nitrogens with one attached hydrogen (secondary N) is 2. The van der Waals surface area contributed by atoms with E-state index in [1.54, 1.807) is 6.07 Å². The Morgan fingerprint density at radius 2 is 1.70 bits per heavy atom. The van der Waals surface area contributed by atoms with Gasteiger partial charge in [-0.3, -0.25) is 4.79 Å². The first-order valence-electron chi connectivity index (χ1n) is 8.43. The summed E-state index contributed by atoms with van der Waals surface area (Å²) in [7, 11) is 0.140. The van der Waals surface area contributed by atoms with Gasteiger partial charge in [0.15, 0.2) is 11.5 Å². The summed E-state index contributed by atoms with van der Waals surface area (Å²) in [5.74, 6) is -0.570. The molecule has 30 heavy (non-hydrogen) atoms. The van der Waals surface area contributed by atoms with E-state index in [1.165, 1.54) is 57.7 Å². The van der Waals surface area contributed by atoms with Crippen molar-refractivity contribution in [2.75, 3.05) is 26.6 Å². The average Bonchev–Trinajstić information content (AvgIpc) is 2.71. The molecule has 162 valence electrons. The molecule has 0 saturated carbocycles. The molecule has 8 nitrogen and oxygen atoms in total. The summed E-state index contributed by atoms with van der Waals surface area (Å²) in [6.45, 7) is -3.05. The fourth-order valence-corrected chi connectivity index (χ4v) is 3.34. The molecule has 2 aromatic carbocycles. The summed E-state index contributed by atoms with van der Waals surface area (Å²) in [6.07, 6.45) is 2.55. The number of amides is 1. The van der Waals surface area contributed by atoms with Crippen LogP contribution in [-0.2, 0) is 14.8 Å². The Morgan fingerprint density at radius 1 is 1.03 bits per heavy atom. The number of ether oxygens (including phenoxy) is 3. The molecular weight excluding hydrogens is 422 g/mol. The van der Waals surface area contributed by atoms with E-state index in [-0.39, 0.29) is 27.8 Å². The topological polar surface area (TPSA) is 103 Å². The lowest BCUT2D eigenvalue weighted by molar-refractivity contribution is -0.111. The van der Waals surface area contributed by atoms with Crippen LogP contribution in [0.2, 0.25) is 0 Å². The predicted molar refractivity (Wildman–Crippen MR) is 107 cm³/mol. The first-order chi connectivity index (χ1) is 14.2. The van der Waals surface area contributed by atoms with E-state index in [0.717, 1.165) is 6.08 Å². The van der Waals surface area contributed by atoms with E-state index < -0.39 is 22.5 Å². The van der Waals surface area contributed by atoms with Crippen LogP contribution in [0, 0.1) is 0 Å². The molecule has 0 unspecified atom stereocenters. The zero-order chi connectivity index (χ0) is 22.3. The molecular formula is C19H20F2N2O6S. The van der Waals surface area contributed by atoms with Crippen molar-refractivity contribution in [3.05, 3.63) is 48.0 Å². The largest absolute Gasteiger partial charge is 0.495 e. The van der Waals surface area contributed by atoms with Crippen LogP contribution in [0.5, 0.6) is 17.2 Å². The second-order valence-electron chi connectivity index (χ2n) is 5.68. The van der Waals surface area contributed by atoms with Gasteiger partial charge in [-0.05, 0) is 43.0 Å². The third kappa shape index (κ3) is 5.91. The van der Waals surface area contributed by atoms with Gasteiger partial charge in [-0.1, -0.05) is 6.07 Å². The van der Waals surface area contributed by atoms with E-state index in [2.05, 4.69) is 14.8 Å². The van der Waals surface area contributed by atoms with Crippen LogP contribution in [0.1, 0.15) is 5.56 Å². The second kappa shape index (κ2) is 10.0. The molecule has 2 N–H and O–H groups in total. The van der Waals surface area contributed by atoms with E-state index in [9.17, 15) is 22.0 Å². The van der Waals surface area contributed by atoms with Gasteiger partial charge < -0.3 is 19.5 Å². The number of benzene rings is 2. The maximum Gasteiger partial charge on any atom is 0.387 e. The van der Waals surface area contributed by atoms with Crippen molar-refractivity contribution in [1.29, 1.82) is 0 Å². The minimum absolute atomic E-state index is 0.0837. The molecule has 1 amide bonds. The third-order valence-corrected chi connectivity index (χ3v) is 5.26. The number of hydrogen-bond acceptors (Lipinski definition) is 6. The minimum atomic E-state index is -3.77. The molecule has 0 radical (unpaired) electrons. The summed E-state index contributed by atoms with van der Waals surface area (Å²) in [5, 5.41) is 2.49. The molecule has 0 aliphatic carbocycles. The number of sulfonamides is 1. The summed E-state index contributed by atoms with van der Waals surface area (Å²) in [6, 6.07) is 8.39. The van der Waals surface area contributed by atoms with E-state index in [1.807, 2.05) is 0 Å². The maximum absolute atomic E-state index is 12.5. The molecule has 0 fully saturated rings. The van der Waals surface area contributed by atoms with Crippen molar-refractivity contribution in [1.82, 2.24) is 4.72 Å². The summed E-state index contributed by atoms with van der Waals surface area (Å²) < 4.78 is 65.8. The normalized spacial score (nSPS) is 11.5. The van der Waals surface area contributed by atoms with Crippen LogP contribution in [0.15, 0.2) is 47.4 Å². The number of alkyl halides is 2. The molecule has 0 spiro atoms. The molecule has 0 atom stereocenters. The quantitative estimate of drug-likeness (QED) is 0.579. The fourth-order valence-electron chi connectivity index (χ4n) is 2.42. The Kier molecular flexibility index (Phi) is 7.72. The standard InChI is InChI=1S/C19H20F2N2O6S/c1-22-30(25,26)17-10-12(4-7-15(17)28-3)5-9-18(24)23-13-6-8-14(27-2)16(11-13)29-19(20)21/h4-11,19,22H,1-3H3,(H,23,24)/b9-5+. The lowest BCUT2D eigenvalue weighted by atomic mass is 10.2. The molecule has 2 aromatic rings. The van der Waals surface area contributed by atoms with E-state index in [0.29, 0.717) is 5.56 Å². The Morgan fingerprint density at radius 3 is 2.30 bits per heavy atom. The lowest BCUT2D eigenvalue weighted by Gasteiger charge is -2.11. The van der Waals surface area contributed by atoms with E-state index >= 15 is 0 Å². The monoisotopic (exact) mass is 442 g/mol. The van der Waals surface area contributed by atoms with Gasteiger partial charge in [0, 0.05) is 17.8 Å². The fraction of sp³-hybridized carbons (Fsp3) is 0.211. The van der Waals surface area contributed by atoms with Gasteiger partial charge in [0.2, 0.25) is 15.9 Å². The number of rotatable bonds is 9. The lowest BCUT2D eigenvalue weighted by Crippen LogP contribution is -2.19. The Labute approximate surface area is 172 Å². The second-order valence-corrected chi connectivity index (χ2v) is 7.54. The van der Waals surface area contributed by atoms with E-state index in [4.69, 9.17) is 9.47 Å². The minimum Gasteiger partial charge on any atom is -0.495 e. The van der Waals surface area contributed by atoms with Crippen molar-refractivity contribution in [3.63, 3.8) is 0 Å². The molecule has 0 aliphatic heterocycles. The molecule has 0 aromatic heterocycles. The van der Waals surface area contributed by atoms with Gasteiger partial charge in [0.05, 0.1) is 14.2 Å². The third-order valence-electron chi connectivity index (χ3n) is 3.82. The number of carbonyl (C=O) groups excluding carboxylic acids is 1. The summed E-state index contributed by atoms with van der Waals surface area (Å²) >= 11 is 0. The highest BCUT2D eigenvalue weighted by Gasteiger charge is 2.18. The molecule has 0 aliphatic rings. The van der Waals surface area contributed by atoms with Gasteiger partial charge in [0.1, 0.15) is 10.6 Å². The van der Waals surface area contributed by atoms with Crippen molar-refractivity contribution < 1.29 is 36.2 Å². The highest BCUT2D eigenvalue weighted by atomic mass is 32.2. The van der Waals surface area contributed by atoms with Crippen molar-refractivity contribution in [3.8, 4) is 17.2 Å². The molecule has 0 heterocycles. The predicted octanol–water partition coefficient (Wildman–Crippen LogP) is 2.87. The average molecular weight is 442 g/mol. The first kappa shape index (κ1) is 23.1. The van der Waals surface area contributed by atoms with Crippen LogP contribution >= 0.6 is 0 Å². The van der Waals surface area contributed by atoms with Crippen molar-refractivity contribution in [2.24, 2.45) is 0 Å². The van der Waals surface area contributed by atoms with Gasteiger partial charge in [0.25, 0.3) is 0 Å².